The van der Waals surface area contributed by atoms with Crippen LogP contribution in [0.5, 0.6) is 0 Å². The molecule has 0 spiro atoms. The van der Waals surface area contributed by atoms with Crippen LogP contribution in [-0.2, 0) is 0 Å². The monoisotopic (exact) mass is 174 g/mol. The standard InChI is InChI=1S/C10H19FO/c1-10(2,3)7-4-5-9(12)8(11)6-7/h7-9,12H,4-6H2,1-3H3/t7-,8-,9+/m0/s1. The summed E-state index contributed by atoms with van der Waals surface area (Å²) in [6.45, 7) is 6.42. The summed E-state index contributed by atoms with van der Waals surface area (Å²) in [5.41, 5.74) is 0.185. The van der Waals surface area contributed by atoms with Crippen LogP contribution in [0, 0.1) is 11.3 Å². The first-order valence-corrected chi connectivity index (χ1v) is 4.73. The Morgan fingerprint density at radius 1 is 1.25 bits per heavy atom. The molecule has 2 heteroatoms. The van der Waals surface area contributed by atoms with E-state index in [0.29, 0.717) is 18.8 Å². The second-order valence-electron chi connectivity index (χ2n) is 4.96. The third-order valence-electron chi connectivity index (χ3n) is 2.96. The molecule has 0 aromatic heterocycles. The minimum Gasteiger partial charge on any atom is -0.390 e. The smallest absolute Gasteiger partial charge is 0.126 e. The van der Waals surface area contributed by atoms with Gasteiger partial charge >= 0.3 is 0 Å². The lowest BCUT2D eigenvalue weighted by Gasteiger charge is -2.37. The van der Waals surface area contributed by atoms with E-state index in [1.54, 1.807) is 0 Å². The fraction of sp³-hybridized carbons (Fsp3) is 1.00. The van der Waals surface area contributed by atoms with Gasteiger partial charge in [-0.2, -0.15) is 0 Å². The first-order chi connectivity index (χ1) is 5.41. The number of rotatable bonds is 0. The molecule has 1 nitrogen and oxygen atoms in total. The van der Waals surface area contributed by atoms with Gasteiger partial charge in [-0.15, -0.1) is 0 Å². The summed E-state index contributed by atoms with van der Waals surface area (Å²) in [4.78, 5) is 0. The summed E-state index contributed by atoms with van der Waals surface area (Å²) >= 11 is 0. The SMILES string of the molecule is CC(C)(C)[C@H]1CC[C@@H](O)[C@@H](F)C1. The number of halogens is 1. The Bertz CT molecular complexity index is 150. The van der Waals surface area contributed by atoms with Gasteiger partial charge in [-0.05, 0) is 30.6 Å². The largest absolute Gasteiger partial charge is 0.390 e. The van der Waals surface area contributed by atoms with Gasteiger partial charge in [0.05, 0.1) is 6.10 Å². The fourth-order valence-electron chi connectivity index (χ4n) is 1.89. The predicted octanol–water partition coefficient (Wildman–Crippen LogP) is 2.53. The van der Waals surface area contributed by atoms with Crippen molar-refractivity contribution < 1.29 is 9.50 Å². The van der Waals surface area contributed by atoms with Gasteiger partial charge < -0.3 is 5.11 Å². The van der Waals surface area contributed by atoms with Crippen LogP contribution in [0.25, 0.3) is 0 Å². The molecule has 1 rings (SSSR count). The van der Waals surface area contributed by atoms with Crippen molar-refractivity contribution in [2.75, 3.05) is 0 Å². The van der Waals surface area contributed by atoms with Gasteiger partial charge in [0.2, 0.25) is 0 Å². The summed E-state index contributed by atoms with van der Waals surface area (Å²) in [5, 5.41) is 9.19. The zero-order valence-electron chi connectivity index (χ0n) is 8.18. The number of alkyl halides is 1. The van der Waals surface area contributed by atoms with Crippen molar-refractivity contribution in [3.05, 3.63) is 0 Å². The molecule has 1 N–H and O–H groups in total. The highest BCUT2D eigenvalue weighted by Gasteiger charge is 2.34. The Labute approximate surface area is 74.0 Å². The van der Waals surface area contributed by atoms with Crippen molar-refractivity contribution in [3.63, 3.8) is 0 Å². The van der Waals surface area contributed by atoms with E-state index in [1.165, 1.54) is 0 Å². The van der Waals surface area contributed by atoms with E-state index in [2.05, 4.69) is 20.8 Å². The Balaban J connectivity index is 2.51. The van der Waals surface area contributed by atoms with Gasteiger partial charge in [0.15, 0.2) is 0 Å². The van der Waals surface area contributed by atoms with Crippen molar-refractivity contribution in [3.8, 4) is 0 Å². The van der Waals surface area contributed by atoms with Crippen molar-refractivity contribution in [2.45, 2.75) is 52.3 Å². The second kappa shape index (κ2) is 3.33. The average Bonchev–Trinajstić information content (AvgIpc) is 1.92. The van der Waals surface area contributed by atoms with E-state index in [-0.39, 0.29) is 5.41 Å². The van der Waals surface area contributed by atoms with E-state index in [9.17, 15) is 9.50 Å². The van der Waals surface area contributed by atoms with Crippen LogP contribution in [0.15, 0.2) is 0 Å². The van der Waals surface area contributed by atoms with E-state index in [4.69, 9.17) is 0 Å². The second-order valence-corrected chi connectivity index (χ2v) is 4.96. The molecular weight excluding hydrogens is 155 g/mol. The van der Waals surface area contributed by atoms with Crippen LogP contribution in [-0.4, -0.2) is 17.4 Å². The molecule has 1 aliphatic carbocycles. The predicted molar refractivity (Wildman–Crippen MR) is 47.7 cm³/mol. The maximum absolute atomic E-state index is 13.1. The molecular formula is C10H19FO. The zero-order valence-corrected chi connectivity index (χ0v) is 8.18. The van der Waals surface area contributed by atoms with E-state index in [1.807, 2.05) is 0 Å². The van der Waals surface area contributed by atoms with Crippen LogP contribution in [0.2, 0.25) is 0 Å². The number of hydrogen-bond donors (Lipinski definition) is 1. The molecule has 1 fully saturated rings. The highest BCUT2D eigenvalue weighted by atomic mass is 19.1. The molecule has 0 aromatic rings. The number of aliphatic hydroxyl groups is 1. The van der Waals surface area contributed by atoms with Gasteiger partial charge in [0, 0.05) is 0 Å². The molecule has 0 aliphatic heterocycles. The number of aliphatic hydroxyl groups excluding tert-OH is 1. The van der Waals surface area contributed by atoms with Gasteiger partial charge in [-0.3, -0.25) is 0 Å². The molecule has 1 saturated carbocycles. The Morgan fingerprint density at radius 3 is 2.25 bits per heavy atom. The third-order valence-corrected chi connectivity index (χ3v) is 2.96. The fourth-order valence-corrected chi connectivity index (χ4v) is 1.89. The molecule has 12 heavy (non-hydrogen) atoms. The van der Waals surface area contributed by atoms with Crippen LogP contribution in [0.1, 0.15) is 40.0 Å². The summed E-state index contributed by atoms with van der Waals surface area (Å²) in [5.74, 6) is 0.427. The molecule has 0 saturated heterocycles. The Kier molecular flexibility index (Phi) is 2.77. The van der Waals surface area contributed by atoms with Crippen molar-refractivity contribution in [2.24, 2.45) is 11.3 Å². The van der Waals surface area contributed by atoms with Gasteiger partial charge in [0.1, 0.15) is 6.17 Å². The maximum Gasteiger partial charge on any atom is 0.126 e. The van der Waals surface area contributed by atoms with Crippen molar-refractivity contribution in [1.82, 2.24) is 0 Å². The molecule has 0 radical (unpaired) electrons. The van der Waals surface area contributed by atoms with Gasteiger partial charge in [-0.1, -0.05) is 20.8 Å². The highest BCUT2D eigenvalue weighted by molar-refractivity contribution is 4.85. The highest BCUT2D eigenvalue weighted by Crippen LogP contribution is 2.38. The van der Waals surface area contributed by atoms with Crippen LogP contribution < -0.4 is 0 Å². The van der Waals surface area contributed by atoms with E-state index >= 15 is 0 Å². The minimum absolute atomic E-state index is 0.185. The summed E-state index contributed by atoms with van der Waals surface area (Å²) in [6, 6.07) is 0. The lowest BCUT2D eigenvalue weighted by Crippen LogP contribution is -2.35. The lowest BCUT2D eigenvalue weighted by atomic mass is 9.71. The van der Waals surface area contributed by atoms with Crippen molar-refractivity contribution >= 4 is 0 Å². The zero-order chi connectivity index (χ0) is 9.35. The normalized spacial score (nSPS) is 38.2. The molecule has 72 valence electrons. The Hall–Kier alpha value is -0.110. The van der Waals surface area contributed by atoms with E-state index in [0.717, 1.165) is 6.42 Å². The van der Waals surface area contributed by atoms with Crippen LogP contribution in [0.3, 0.4) is 0 Å². The first-order valence-electron chi connectivity index (χ1n) is 4.73. The minimum atomic E-state index is -0.997. The molecule has 3 atom stereocenters. The molecule has 0 bridgehead atoms. The molecule has 0 amide bonds. The van der Waals surface area contributed by atoms with E-state index < -0.39 is 12.3 Å². The third kappa shape index (κ3) is 2.19. The number of hydrogen-bond acceptors (Lipinski definition) is 1. The maximum atomic E-state index is 13.1. The first kappa shape index (κ1) is 9.97. The topological polar surface area (TPSA) is 20.2 Å². The molecule has 0 unspecified atom stereocenters. The van der Waals surface area contributed by atoms with Crippen LogP contribution >= 0.6 is 0 Å². The molecule has 0 aromatic carbocycles. The lowest BCUT2D eigenvalue weighted by molar-refractivity contribution is 0.000313. The Morgan fingerprint density at radius 2 is 1.83 bits per heavy atom. The molecule has 1 aliphatic rings. The van der Waals surface area contributed by atoms with Gasteiger partial charge in [-0.25, -0.2) is 4.39 Å². The quantitative estimate of drug-likeness (QED) is 0.598. The van der Waals surface area contributed by atoms with Crippen LogP contribution in [0.4, 0.5) is 4.39 Å². The average molecular weight is 174 g/mol. The summed E-state index contributed by atoms with van der Waals surface area (Å²) < 4.78 is 13.1. The summed E-state index contributed by atoms with van der Waals surface area (Å²) in [6.07, 6.45) is 0.422. The summed E-state index contributed by atoms with van der Waals surface area (Å²) in [7, 11) is 0. The van der Waals surface area contributed by atoms with Crippen molar-refractivity contribution in [1.29, 1.82) is 0 Å². The molecule has 0 heterocycles. The van der Waals surface area contributed by atoms with Gasteiger partial charge in [0.25, 0.3) is 0 Å².